The maximum Gasteiger partial charge on any atom is 0.352 e. The maximum absolute atomic E-state index is 12.2. The van der Waals surface area contributed by atoms with Gasteiger partial charge in [-0.1, -0.05) is 23.7 Å². The molecule has 0 saturated carbocycles. The van der Waals surface area contributed by atoms with Crippen LogP contribution in [0.15, 0.2) is 36.5 Å². The zero-order valence-corrected chi connectivity index (χ0v) is 10.3. The van der Waals surface area contributed by atoms with E-state index in [0.29, 0.717) is 16.1 Å². The molecule has 0 atom stereocenters. The largest absolute Gasteiger partial charge is 0.477 e. The average molecular weight is 264 g/mol. The number of carboxylic acids is 1. The molecule has 1 N–H and O–H groups in total. The zero-order chi connectivity index (χ0) is 13.3. The summed E-state index contributed by atoms with van der Waals surface area (Å²) in [5.41, 5.74) is 0.732. The fourth-order valence-corrected chi connectivity index (χ4v) is 1.92. The van der Waals surface area contributed by atoms with Crippen molar-refractivity contribution in [3.63, 3.8) is 0 Å². The molecule has 0 aliphatic carbocycles. The molecule has 5 heteroatoms. The van der Waals surface area contributed by atoms with Crippen LogP contribution in [0, 0.1) is 0 Å². The van der Waals surface area contributed by atoms with Gasteiger partial charge < -0.3 is 9.67 Å². The summed E-state index contributed by atoms with van der Waals surface area (Å²) in [6.07, 6.45) is 1.48. The van der Waals surface area contributed by atoms with Crippen LogP contribution in [0.1, 0.15) is 26.4 Å². The molecule has 2 rings (SSSR count). The van der Waals surface area contributed by atoms with Gasteiger partial charge in [0, 0.05) is 24.4 Å². The average Bonchev–Trinajstić information content (AvgIpc) is 2.71. The number of carbonyl (C=O) groups excluding carboxylic acids is 1. The van der Waals surface area contributed by atoms with Crippen molar-refractivity contribution in [2.45, 2.75) is 0 Å². The molecule has 0 bridgehead atoms. The number of aryl methyl sites for hydroxylation is 1. The molecule has 1 heterocycles. The number of nitrogens with zero attached hydrogens (tertiary/aromatic N) is 1. The minimum absolute atomic E-state index is 0.0606. The number of carboxylic acid groups (broad SMARTS) is 1. The van der Waals surface area contributed by atoms with Crippen molar-refractivity contribution in [1.29, 1.82) is 0 Å². The Morgan fingerprint density at radius 3 is 2.50 bits per heavy atom. The highest BCUT2D eigenvalue weighted by molar-refractivity contribution is 6.35. The van der Waals surface area contributed by atoms with Gasteiger partial charge in [-0.2, -0.15) is 0 Å². The Kier molecular flexibility index (Phi) is 3.21. The minimum atomic E-state index is -1.07. The fourth-order valence-electron chi connectivity index (χ4n) is 1.70. The number of aromatic carboxylic acids is 1. The lowest BCUT2D eigenvalue weighted by molar-refractivity contribution is 0.0686. The summed E-state index contributed by atoms with van der Waals surface area (Å²) in [7, 11) is 1.58. The third kappa shape index (κ3) is 2.15. The van der Waals surface area contributed by atoms with Crippen molar-refractivity contribution in [2.24, 2.45) is 7.05 Å². The number of benzene rings is 1. The van der Waals surface area contributed by atoms with Crippen LogP contribution in [0.4, 0.5) is 0 Å². The van der Waals surface area contributed by atoms with Gasteiger partial charge in [0.05, 0.1) is 5.02 Å². The van der Waals surface area contributed by atoms with E-state index in [2.05, 4.69) is 0 Å². The van der Waals surface area contributed by atoms with Crippen LogP contribution >= 0.6 is 11.6 Å². The van der Waals surface area contributed by atoms with E-state index in [-0.39, 0.29) is 11.5 Å². The van der Waals surface area contributed by atoms with Gasteiger partial charge in [-0.15, -0.1) is 0 Å². The zero-order valence-electron chi connectivity index (χ0n) is 9.55. The molecular formula is C13H10ClNO3. The van der Waals surface area contributed by atoms with Crippen LogP contribution in [0.5, 0.6) is 0 Å². The van der Waals surface area contributed by atoms with E-state index >= 15 is 0 Å². The number of halogens is 1. The van der Waals surface area contributed by atoms with Crippen LogP contribution in [0.2, 0.25) is 5.02 Å². The van der Waals surface area contributed by atoms with Gasteiger partial charge in [0.15, 0.2) is 5.78 Å². The molecule has 4 nitrogen and oxygen atoms in total. The molecule has 0 aliphatic heterocycles. The van der Waals surface area contributed by atoms with E-state index in [1.165, 1.54) is 16.8 Å². The molecule has 0 spiro atoms. The van der Waals surface area contributed by atoms with Crippen molar-refractivity contribution < 1.29 is 14.7 Å². The Bertz CT molecular complexity index is 631. The van der Waals surface area contributed by atoms with Gasteiger partial charge in [0.1, 0.15) is 5.69 Å². The van der Waals surface area contributed by atoms with E-state index in [1.54, 1.807) is 31.3 Å². The molecule has 92 valence electrons. The standard InChI is InChI=1S/C13H10ClNO3/c1-15-7-8(6-11(15)13(17)18)12(16)9-4-2-3-5-10(9)14/h2-7H,1H3,(H,17,18). The van der Waals surface area contributed by atoms with Gasteiger partial charge >= 0.3 is 5.97 Å². The molecule has 1 aromatic carbocycles. The Balaban J connectivity index is 2.44. The lowest BCUT2D eigenvalue weighted by atomic mass is 10.1. The summed E-state index contributed by atoms with van der Waals surface area (Å²) < 4.78 is 1.40. The normalized spacial score (nSPS) is 10.3. The summed E-state index contributed by atoms with van der Waals surface area (Å²) in [5, 5.41) is 9.28. The van der Waals surface area contributed by atoms with Gasteiger partial charge in [-0.3, -0.25) is 4.79 Å². The van der Waals surface area contributed by atoms with Crippen LogP contribution in [-0.4, -0.2) is 21.4 Å². The number of hydrogen-bond acceptors (Lipinski definition) is 2. The first-order valence-electron chi connectivity index (χ1n) is 5.19. The number of ketones is 1. The van der Waals surface area contributed by atoms with Crippen LogP contribution in [0.25, 0.3) is 0 Å². The quantitative estimate of drug-likeness (QED) is 0.866. The van der Waals surface area contributed by atoms with Crippen molar-refractivity contribution in [1.82, 2.24) is 4.57 Å². The van der Waals surface area contributed by atoms with Gasteiger partial charge in [0.25, 0.3) is 0 Å². The number of hydrogen-bond donors (Lipinski definition) is 1. The molecule has 0 radical (unpaired) electrons. The lowest BCUT2D eigenvalue weighted by Crippen LogP contribution is -2.02. The van der Waals surface area contributed by atoms with Crippen LogP contribution < -0.4 is 0 Å². The molecule has 1 aromatic heterocycles. The van der Waals surface area contributed by atoms with Gasteiger partial charge in [-0.25, -0.2) is 4.79 Å². The molecule has 0 aliphatic rings. The van der Waals surface area contributed by atoms with Crippen molar-refractivity contribution in [2.75, 3.05) is 0 Å². The molecule has 0 unspecified atom stereocenters. The summed E-state index contributed by atoms with van der Waals surface area (Å²) in [6.45, 7) is 0. The second kappa shape index (κ2) is 4.66. The third-order valence-corrected chi connectivity index (χ3v) is 2.93. The van der Waals surface area contributed by atoms with E-state index in [4.69, 9.17) is 16.7 Å². The molecule has 18 heavy (non-hydrogen) atoms. The highest BCUT2D eigenvalue weighted by Gasteiger charge is 2.17. The van der Waals surface area contributed by atoms with Crippen molar-refractivity contribution in [3.05, 3.63) is 58.4 Å². The predicted octanol–water partition coefficient (Wildman–Crippen LogP) is 2.61. The Morgan fingerprint density at radius 1 is 1.28 bits per heavy atom. The molecule has 0 amide bonds. The maximum atomic E-state index is 12.2. The Morgan fingerprint density at radius 2 is 1.94 bits per heavy atom. The molecule has 0 saturated heterocycles. The second-order valence-corrected chi connectivity index (χ2v) is 4.25. The minimum Gasteiger partial charge on any atom is -0.477 e. The molecule has 2 aromatic rings. The highest BCUT2D eigenvalue weighted by Crippen LogP contribution is 2.20. The van der Waals surface area contributed by atoms with Gasteiger partial charge in [0.2, 0.25) is 0 Å². The van der Waals surface area contributed by atoms with Crippen molar-refractivity contribution >= 4 is 23.4 Å². The van der Waals surface area contributed by atoms with E-state index in [1.807, 2.05) is 0 Å². The van der Waals surface area contributed by atoms with Crippen LogP contribution in [-0.2, 0) is 7.05 Å². The molecular weight excluding hydrogens is 254 g/mol. The monoisotopic (exact) mass is 263 g/mol. The first-order chi connectivity index (χ1) is 8.50. The first-order valence-corrected chi connectivity index (χ1v) is 5.57. The van der Waals surface area contributed by atoms with Crippen LogP contribution in [0.3, 0.4) is 0 Å². The first kappa shape index (κ1) is 12.4. The molecule has 0 fully saturated rings. The van der Waals surface area contributed by atoms with E-state index in [0.717, 1.165) is 0 Å². The summed E-state index contributed by atoms with van der Waals surface area (Å²) >= 11 is 5.93. The number of rotatable bonds is 3. The van der Waals surface area contributed by atoms with E-state index < -0.39 is 5.97 Å². The smallest absolute Gasteiger partial charge is 0.352 e. The summed E-state index contributed by atoms with van der Waals surface area (Å²) in [6, 6.07) is 8.01. The van der Waals surface area contributed by atoms with Gasteiger partial charge in [-0.05, 0) is 18.2 Å². The summed E-state index contributed by atoms with van der Waals surface area (Å²) in [4.78, 5) is 23.1. The lowest BCUT2D eigenvalue weighted by Gasteiger charge is -2.00. The van der Waals surface area contributed by atoms with Crippen molar-refractivity contribution in [3.8, 4) is 0 Å². The topological polar surface area (TPSA) is 59.3 Å². The number of carbonyl (C=O) groups is 2. The predicted molar refractivity (Wildman–Crippen MR) is 67.3 cm³/mol. The number of aromatic nitrogens is 1. The second-order valence-electron chi connectivity index (χ2n) is 3.84. The highest BCUT2D eigenvalue weighted by atomic mass is 35.5. The Labute approximate surface area is 108 Å². The fraction of sp³-hybridized carbons (Fsp3) is 0.0769. The SMILES string of the molecule is Cn1cc(C(=O)c2ccccc2Cl)cc1C(=O)O. The Hall–Kier alpha value is -2.07. The van der Waals surface area contributed by atoms with E-state index in [9.17, 15) is 9.59 Å². The third-order valence-electron chi connectivity index (χ3n) is 2.60. The summed E-state index contributed by atoms with van der Waals surface area (Å²) in [5.74, 6) is -1.36.